The van der Waals surface area contributed by atoms with Crippen LogP contribution in [0.15, 0.2) is 4.42 Å². The van der Waals surface area contributed by atoms with Gasteiger partial charge in [0.05, 0.1) is 5.69 Å². The van der Waals surface area contributed by atoms with Crippen molar-refractivity contribution in [2.45, 2.75) is 39.0 Å². The molecular formula is C10H14NO. The van der Waals surface area contributed by atoms with Gasteiger partial charge in [0.25, 0.3) is 0 Å². The number of hydrogen-bond acceptors (Lipinski definition) is 2. The standard InChI is InChI=1S/C10H14NO/c1-8-7-12-10(11-8)6-9-4-2-3-5-9/h9H,2-6H2,1H3. The van der Waals surface area contributed by atoms with Crippen molar-refractivity contribution in [1.82, 2.24) is 4.98 Å². The molecule has 1 aliphatic carbocycles. The van der Waals surface area contributed by atoms with Crippen molar-refractivity contribution in [1.29, 1.82) is 0 Å². The molecule has 2 heteroatoms. The van der Waals surface area contributed by atoms with Crippen LogP contribution in [0.25, 0.3) is 0 Å². The smallest absolute Gasteiger partial charge is 0.195 e. The first-order valence-electron chi connectivity index (χ1n) is 4.68. The van der Waals surface area contributed by atoms with E-state index in [9.17, 15) is 0 Å². The van der Waals surface area contributed by atoms with Gasteiger partial charge in [-0.1, -0.05) is 12.8 Å². The lowest BCUT2D eigenvalue weighted by molar-refractivity contribution is 0.427. The van der Waals surface area contributed by atoms with Crippen molar-refractivity contribution in [3.63, 3.8) is 0 Å². The van der Waals surface area contributed by atoms with Gasteiger partial charge in [0.2, 0.25) is 0 Å². The third kappa shape index (κ3) is 1.68. The summed E-state index contributed by atoms with van der Waals surface area (Å²) in [4.78, 5) is 4.25. The van der Waals surface area contributed by atoms with Gasteiger partial charge in [-0.05, 0) is 25.7 Å². The molecule has 65 valence electrons. The van der Waals surface area contributed by atoms with Gasteiger partial charge in [0, 0.05) is 6.42 Å². The molecule has 0 N–H and O–H groups in total. The second-order valence-electron chi connectivity index (χ2n) is 3.65. The second kappa shape index (κ2) is 3.30. The molecule has 1 aromatic rings. The van der Waals surface area contributed by atoms with Crippen LogP contribution in [0, 0.1) is 19.1 Å². The van der Waals surface area contributed by atoms with Crippen LogP contribution in [0.2, 0.25) is 0 Å². The predicted molar refractivity (Wildman–Crippen MR) is 45.7 cm³/mol. The highest BCUT2D eigenvalue weighted by Crippen LogP contribution is 2.27. The molecule has 0 bridgehead atoms. The van der Waals surface area contributed by atoms with Gasteiger partial charge in [-0.15, -0.1) is 0 Å². The molecule has 0 spiro atoms. The number of oxazole rings is 1. The van der Waals surface area contributed by atoms with Gasteiger partial charge in [0.1, 0.15) is 0 Å². The fraction of sp³-hybridized carbons (Fsp3) is 0.700. The Kier molecular flexibility index (Phi) is 2.15. The van der Waals surface area contributed by atoms with E-state index < -0.39 is 0 Å². The van der Waals surface area contributed by atoms with Crippen molar-refractivity contribution < 1.29 is 4.42 Å². The number of aryl methyl sites for hydroxylation is 1. The Hall–Kier alpha value is -0.790. The second-order valence-corrected chi connectivity index (χ2v) is 3.65. The van der Waals surface area contributed by atoms with E-state index in [1.807, 2.05) is 6.92 Å². The summed E-state index contributed by atoms with van der Waals surface area (Å²) in [6, 6.07) is 0. The molecule has 2 nitrogen and oxygen atoms in total. The molecule has 0 unspecified atom stereocenters. The molecule has 0 aromatic carbocycles. The molecule has 1 fully saturated rings. The zero-order valence-corrected chi connectivity index (χ0v) is 7.47. The van der Waals surface area contributed by atoms with Crippen LogP contribution in [0.1, 0.15) is 37.3 Å². The number of rotatable bonds is 2. The molecular weight excluding hydrogens is 150 g/mol. The highest BCUT2D eigenvalue weighted by molar-refractivity contribution is 4.92. The SMILES string of the molecule is Cc1[c]oc(CC2CCCC2)n1. The molecule has 0 aliphatic heterocycles. The zero-order valence-electron chi connectivity index (χ0n) is 7.47. The van der Waals surface area contributed by atoms with Crippen LogP contribution in [0.3, 0.4) is 0 Å². The summed E-state index contributed by atoms with van der Waals surface area (Å²) in [6.45, 7) is 1.92. The Balaban J connectivity index is 1.94. The predicted octanol–water partition coefficient (Wildman–Crippen LogP) is 2.52. The average molecular weight is 164 g/mol. The zero-order chi connectivity index (χ0) is 8.39. The first kappa shape index (κ1) is 7.84. The minimum absolute atomic E-state index is 0.816. The van der Waals surface area contributed by atoms with E-state index in [4.69, 9.17) is 4.42 Å². The van der Waals surface area contributed by atoms with Crippen molar-refractivity contribution in [2.75, 3.05) is 0 Å². The Morgan fingerprint density at radius 3 is 2.83 bits per heavy atom. The maximum absolute atomic E-state index is 5.19. The maximum atomic E-state index is 5.19. The third-order valence-electron chi connectivity index (χ3n) is 2.55. The summed E-state index contributed by atoms with van der Waals surface area (Å²) in [5.41, 5.74) is 0.878. The summed E-state index contributed by atoms with van der Waals surface area (Å²) in [6.07, 6.45) is 9.24. The molecule has 0 atom stereocenters. The van der Waals surface area contributed by atoms with Gasteiger partial charge < -0.3 is 4.42 Å². The fourth-order valence-corrected chi connectivity index (χ4v) is 1.91. The van der Waals surface area contributed by atoms with Crippen molar-refractivity contribution in [3.05, 3.63) is 17.8 Å². The molecule has 0 amide bonds. The average Bonchev–Trinajstić information content (AvgIpc) is 2.63. The first-order valence-corrected chi connectivity index (χ1v) is 4.68. The highest BCUT2D eigenvalue weighted by Gasteiger charge is 2.17. The van der Waals surface area contributed by atoms with Gasteiger partial charge in [0.15, 0.2) is 12.2 Å². The third-order valence-corrected chi connectivity index (χ3v) is 2.55. The molecule has 12 heavy (non-hydrogen) atoms. The minimum Gasteiger partial charge on any atom is -0.437 e. The monoisotopic (exact) mass is 164 g/mol. The normalized spacial score (nSPS) is 18.8. The summed E-state index contributed by atoms with van der Waals surface area (Å²) in [5.74, 6) is 1.69. The van der Waals surface area contributed by atoms with Gasteiger partial charge in [-0.3, -0.25) is 0 Å². The molecule has 1 radical (unpaired) electrons. The molecule has 2 rings (SSSR count). The van der Waals surface area contributed by atoms with Gasteiger partial charge >= 0.3 is 0 Å². The lowest BCUT2D eigenvalue weighted by Crippen LogP contribution is -1.98. The Morgan fingerprint density at radius 1 is 1.50 bits per heavy atom. The van der Waals surface area contributed by atoms with E-state index >= 15 is 0 Å². The van der Waals surface area contributed by atoms with Crippen molar-refractivity contribution in [3.8, 4) is 0 Å². The topological polar surface area (TPSA) is 26.0 Å². The Bertz CT molecular complexity index is 248. The molecule has 1 aliphatic rings. The molecule has 1 aromatic heterocycles. The number of nitrogens with zero attached hydrogens (tertiary/aromatic N) is 1. The van der Waals surface area contributed by atoms with Crippen LogP contribution in [0.5, 0.6) is 0 Å². The van der Waals surface area contributed by atoms with Gasteiger partial charge in [-0.2, -0.15) is 0 Å². The summed E-state index contributed by atoms with van der Waals surface area (Å²) >= 11 is 0. The first-order chi connectivity index (χ1) is 5.84. The van der Waals surface area contributed by atoms with Crippen LogP contribution in [-0.4, -0.2) is 4.98 Å². The molecule has 1 heterocycles. The lowest BCUT2D eigenvalue weighted by Gasteiger charge is -2.03. The van der Waals surface area contributed by atoms with E-state index in [1.54, 1.807) is 0 Å². The quantitative estimate of drug-likeness (QED) is 0.671. The van der Waals surface area contributed by atoms with Crippen molar-refractivity contribution in [2.24, 2.45) is 5.92 Å². The van der Waals surface area contributed by atoms with E-state index in [2.05, 4.69) is 11.2 Å². The summed E-state index contributed by atoms with van der Waals surface area (Å²) in [7, 11) is 0. The van der Waals surface area contributed by atoms with E-state index in [0.29, 0.717) is 0 Å². The highest BCUT2D eigenvalue weighted by atomic mass is 16.3. The molecule has 1 saturated carbocycles. The van der Waals surface area contributed by atoms with Gasteiger partial charge in [-0.25, -0.2) is 4.98 Å². The maximum Gasteiger partial charge on any atom is 0.195 e. The van der Waals surface area contributed by atoms with Crippen LogP contribution >= 0.6 is 0 Å². The summed E-state index contributed by atoms with van der Waals surface area (Å²) < 4.78 is 5.19. The van der Waals surface area contributed by atoms with Crippen LogP contribution in [0.4, 0.5) is 0 Å². The molecule has 0 saturated heterocycles. The van der Waals surface area contributed by atoms with E-state index in [-0.39, 0.29) is 0 Å². The van der Waals surface area contributed by atoms with Crippen LogP contribution < -0.4 is 0 Å². The largest absolute Gasteiger partial charge is 0.437 e. The minimum atomic E-state index is 0.816. The van der Waals surface area contributed by atoms with E-state index in [0.717, 1.165) is 23.9 Å². The van der Waals surface area contributed by atoms with Crippen LogP contribution in [-0.2, 0) is 6.42 Å². The number of hydrogen-bond donors (Lipinski definition) is 0. The Labute approximate surface area is 73.0 Å². The lowest BCUT2D eigenvalue weighted by atomic mass is 10.0. The summed E-state index contributed by atoms with van der Waals surface area (Å²) in [5, 5.41) is 0. The van der Waals surface area contributed by atoms with Crippen molar-refractivity contribution >= 4 is 0 Å². The van der Waals surface area contributed by atoms with E-state index in [1.165, 1.54) is 25.7 Å². The number of aromatic nitrogens is 1. The Morgan fingerprint density at radius 2 is 2.25 bits per heavy atom. The fourth-order valence-electron chi connectivity index (χ4n) is 1.91.